The highest BCUT2D eigenvalue weighted by molar-refractivity contribution is 5.66. The highest BCUT2D eigenvalue weighted by atomic mass is 16.4. The molecule has 5 N–H and O–H groups in total. The summed E-state index contributed by atoms with van der Waals surface area (Å²) >= 11 is 0. The molecule has 0 aromatic carbocycles. The molecule has 0 radical (unpaired) electrons. The van der Waals surface area contributed by atoms with Gasteiger partial charge in [-0.3, -0.25) is 9.59 Å². The van der Waals surface area contributed by atoms with Crippen LogP contribution in [0.15, 0.2) is 0 Å². The van der Waals surface area contributed by atoms with Crippen LogP contribution in [0.4, 0.5) is 0 Å². The van der Waals surface area contributed by atoms with E-state index in [-0.39, 0.29) is 13.2 Å². The minimum absolute atomic E-state index is 0.345. The number of rotatable bonds is 32. The maximum atomic E-state index is 10.3. The topological polar surface area (TPSA) is 135 Å². The molecule has 266 valence electrons. The quantitative estimate of drug-likeness (QED) is 0.0466. The Morgan fingerprint density at radius 3 is 0.705 bits per heavy atom. The number of aliphatic carboxylic acids is 2. The molecule has 0 rings (SSSR count). The van der Waals surface area contributed by atoms with Gasteiger partial charge >= 0.3 is 11.9 Å². The van der Waals surface area contributed by atoms with Crippen LogP contribution in [-0.4, -0.2) is 56.8 Å². The van der Waals surface area contributed by atoms with Gasteiger partial charge in [0.05, 0.1) is 13.2 Å². The van der Waals surface area contributed by atoms with Crippen LogP contribution in [0, 0.1) is 0 Å². The summed E-state index contributed by atoms with van der Waals surface area (Å²) in [5.74, 6) is -1.31. The van der Waals surface area contributed by atoms with Crippen LogP contribution in [-0.2, 0) is 9.59 Å². The predicted octanol–water partition coefficient (Wildman–Crippen LogP) is 10.2. The highest BCUT2D eigenvalue weighted by Gasteiger charge is 1.98. The average Bonchev–Trinajstić information content (AvgIpc) is 3.01. The van der Waals surface area contributed by atoms with Crippen molar-refractivity contribution in [2.45, 2.75) is 213 Å². The van der Waals surface area contributed by atoms with Crippen molar-refractivity contribution in [3.8, 4) is 0 Å². The van der Waals surface area contributed by atoms with Crippen molar-refractivity contribution in [3.05, 3.63) is 0 Å². The third kappa shape index (κ3) is 53.4. The predicted molar refractivity (Wildman–Crippen MR) is 185 cm³/mol. The molecule has 0 aliphatic carbocycles. The van der Waals surface area contributed by atoms with Crippen LogP contribution in [0.3, 0.4) is 0 Å². The van der Waals surface area contributed by atoms with E-state index in [1.807, 2.05) is 0 Å². The maximum Gasteiger partial charge on any atom is 0.303 e. The SMILES string of the molecule is CCCCCCCCCCCCCCCCC(=O)O.CCCCCCCCCCCCCCCCC(=O)O.OCC(O)CO. The second-order valence-electron chi connectivity index (χ2n) is 12.5. The summed E-state index contributed by atoms with van der Waals surface area (Å²) in [7, 11) is 0. The minimum Gasteiger partial charge on any atom is -0.481 e. The zero-order valence-corrected chi connectivity index (χ0v) is 29.3. The molecule has 0 unspecified atom stereocenters. The summed E-state index contributed by atoms with van der Waals surface area (Å²) in [5.41, 5.74) is 0. The molecule has 0 saturated carbocycles. The third-order valence-electron chi connectivity index (χ3n) is 7.91. The van der Waals surface area contributed by atoms with Gasteiger partial charge in [0, 0.05) is 12.8 Å². The lowest BCUT2D eigenvalue weighted by atomic mass is 10.0. The smallest absolute Gasteiger partial charge is 0.303 e. The van der Waals surface area contributed by atoms with Crippen molar-refractivity contribution < 1.29 is 35.1 Å². The van der Waals surface area contributed by atoms with E-state index < -0.39 is 18.0 Å². The van der Waals surface area contributed by atoms with Crippen molar-refractivity contribution in [1.82, 2.24) is 0 Å². The molecule has 0 aromatic heterocycles. The van der Waals surface area contributed by atoms with Gasteiger partial charge in [0.15, 0.2) is 0 Å². The molecule has 0 saturated heterocycles. The number of carboxylic acid groups (broad SMARTS) is 2. The normalized spacial score (nSPS) is 10.7. The first-order chi connectivity index (χ1) is 21.3. The largest absolute Gasteiger partial charge is 0.481 e. The second kappa shape index (κ2) is 43.9. The summed E-state index contributed by atoms with van der Waals surface area (Å²) in [6.07, 6.45) is 36.5. The number of aliphatic hydroxyl groups is 3. The molecule has 0 spiro atoms. The Kier molecular flexibility index (Phi) is 47.2. The van der Waals surface area contributed by atoms with Gasteiger partial charge in [0.25, 0.3) is 0 Å². The number of carboxylic acids is 2. The first kappa shape index (κ1) is 47.2. The van der Waals surface area contributed by atoms with Crippen molar-refractivity contribution in [3.63, 3.8) is 0 Å². The van der Waals surface area contributed by atoms with Gasteiger partial charge in [0.2, 0.25) is 0 Å². The molecule has 0 atom stereocenters. The lowest BCUT2D eigenvalue weighted by Crippen LogP contribution is -2.15. The average molecular weight is 633 g/mol. The summed E-state index contributed by atoms with van der Waals surface area (Å²) in [5, 5.41) is 41.0. The Labute approximate surface area is 272 Å². The van der Waals surface area contributed by atoms with Crippen molar-refractivity contribution >= 4 is 11.9 Å². The number of hydrogen-bond acceptors (Lipinski definition) is 5. The van der Waals surface area contributed by atoms with Crippen molar-refractivity contribution in [2.75, 3.05) is 13.2 Å². The van der Waals surface area contributed by atoms with Gasteiger partial charge < -0.3 is 25.5 Å². The highest BCUT2D eigenvalue weighted by Crippen LogP contribution is 2.14. The Morgan fingerprint density at radius 1 is 0.386 bits per heavy atom. The molecule has 7 heteroatoms. The van der Waals surface area contributed by atoms with Crippen LogP contribution in [0.25, 0.3) is 0 Å². The van der Waals surface area contributed by atoms with Gasteiger partial charge in [-0.2, -0.15) is 0 Å². The van der Waals surface area contributed by atoms with Gasteiger partial charge in [-0.25, -0.2) is 0 Å². The molecule has 0 amide bonds. The Hall–Kier alpha value is -1.18. The maximum absolute atomic E-state index is 10.3. The van der Waals surface area contributed by atoms with E-state index in [9.17, 15) is 9.59 Å². The molecule has 44 heavy (non-hydrogen) atoms. The standard InChI is InChI=1S/2C17H34O2.C3H8O3/c2*1-2-3-4-5-6-7-8-9-10-11-12-13-14-15-16-17(18)19;4-1-3(6)2-5/h2*2-16H2,1H3,(H,18,19);3-6H,1-2H2. The Bertz CT molecular complexity index is 496. The molecule has 0 aliphatic rings. The number of unbranched alkanes of at least 4 members (excludes halogenated alkanes) is 26. The Morgan fingerprint density at radius 2 is 0.568 bits per heavy atom. The fourth-order valence-corrected chi connectivity index (χ4v) is 5.00. The molecular weight excluding hydrogens is 556 g/mol. The number of aliphatic hydroxyl groups excluding tert-OH is 3. The van der Waals surface area contributed by atoms with E-state index in [2.05, 4.69) is 13.8 Å². The van der Waals surface area contributed by atoms with Crippen molar-refractivity contribution in [2.24, 2.45) is 0 Å². The monoisotopic (exact) mass is 633 g/mol. The molecule has 0 bridgehead atoms. The van der Waals surface area contributed by atoms with E-state index in [1.165, 1.54) is 154 Å². The second-order valence-corrected chi connectivity index (χ2v) is 12.5. The fraction of sp³-hybridized carbons (Fsp3) is 0.946. The van der Waals surface area contributed by atoms with E-state index in [4.69, 9.17) is 25.5 Å². The lowest BCUT2D eigenvalue weighted by molar-refractivity contribution is -0.138. The van der Waals surface area contributed by atoms with Gasteiger partial charge in [-0.05, 0) is 12.8 Å². The zero-order valence-electron chi connectivity index (χ0n) is 29.3. The summed E-state index contributed by atoms with van der Waals surface area (Å²) in [4.78, 5) is 20.6. The van der Waals surface area contributed by atoms with Crippen LogP contribution >= 0.6 is 0 Å². The van der Waals surface area contributed by atoms with Gasteiger partial charge in [-0.15, -0.1) is 0 Å². The Balaban J connectivity index is -0.000000644. The molecule has 0 fully saturated rings. The zero-order chi connectivity index (χ0) is 33.4. The molecule has 0 aromatic rings. The van der Waals surface area contributed by atoms with E-state index in [1.54, 1.807) is 0 Å². The summed E-state index contributed by atoms with van der Waals surface area (Å²) in [6, 6.07) is 0. The number of hydrogen-bond donors (Lipinski definition) is 5. The molecular formula is C37H76O7. The van der Waals surface area contributed by atoms with E-state index in [0.29, 0.717) is 12.8 Å². The number of carbonyl (C=O) groups is 2. The van der Waals surface area contributed by atoms with Crippen LogP contribution in [0.2, 0.25) is 0 Å². The third-order valence-corrected chi connectivity index (χ3v) is 7.91. The van der Waals surface area contributed by atoms with Gasteiger partial charge in [0.1, 0.15) is 6.10 Å². The molecule has 0 heterocycles. The lowest BCUT2D eigenvalue weighted by Gasteiger charge is -2.02. The van der Waals surface area contributed by atoms with Crippen molar-refractivity contribution in [1.29, 1.82) is 0 Å². The molecule has 7 nitrogen and oxygen atoms in total. The summed E-state index contributed by atoms with van der Waals surface area (Å²) < 4.78 is 0. The van der Waals surface area contributed by atoms with E-state index >= 15 is 0 Å². The summed E-state index contributed by atoms with van der Waals surface area (Å²) in [6.45, 7) is 3.80. The first-order valence-corrected chi connectivity index (χ1v) is 18.7. The fourth-order valence-electron chi connectivity index (χ4n) is 5.00. The van der Waals surface area contributed by atoms with Crippen LogP contribution < -0.4 is 0 Å². The molecule has 0 aliphatic heterocycles. The van der Waals surface area contributed by atoms with Crippen LogP contribution in [0.1, 0.15) is 206 Å². The van der Waals surface area contributed by atoms with Gasteiger partial charge in [-0.1, -0.05) is 181 Å². The first-order valence-electron chi connectivity index (χ1n) is 18.7. The minimum atomic E-state index is -0.954. The van der Waals surface area contributed by atoms with Crippen LogP contribution in [0.5, 0.6) is 0 Å². The van der Waals surface area contributed by atoms with E-state index in [0.717, 1.165) is 25.7 Å².